The number of nitrogens with zero attached hydrogens (tertiary/aromatic N) is 4. The van der Waals surface area contributed by atoms with Gasteiger partial charge in [0.2, 0.25) is 11.8 Å². The van der Waals surface area contributed by atoms with Gasteiger partial charge in [-0.3, -0.25) is 9.59 Å². The molecule has 9 heteroatoms. The predicted octanol–water partition coefficient (Wildman–Crippen LogP) is 4.98. The molecule has 1 aromatic carbocycles. The third-order valence-electron chi connectivity index (χ3n) is 7.30. The van der Waals surface area contributed by atoms with E-state index >= 15 is 0 Å². The minimum absolute atomic E-state index is 0.0425. The van der Waals surface area contributed by atoms with Gasteiger partial charge in [-0.05, 0) is 45.1 Å². The molecule has 7 nitrogen and oxygen atoms in total. The molecule has 4 rings (SSSR count). The van der Waals surface area contributed by atoms with E-state index in [1.807, 2.05) is 30.0 Å². The molecule has 2 unspecified atom stereocenters. The van der Waals surface area contributed by atoms with E-state index in [4.69, 9.17) is 11.6 Å². The summed E-state index contributed by atoms with van der Waals surface area (Å²) in [6.45, 7) is 6.23. The van der Waals surface area contributed by atoms with Crippen LogP contribution < -0.4 is 10.2 Å². The van der Waals surface area contributed by atoms with Crippen LogP contribution in [0, 0.1) is 5.92 Å². The maximum Gasteiger partial charge on any atom is 0.230 e. The normalized spacial score (nSPS) is 19.5. The monoisotopic (exact) mass is 543 g/mol. The Morgan fingerprint density at radius 2 is 1.89 bits per heavy atom. The van der Waals surface area contributed by atoms with E-state index < -0.39 is 0 Å². The Balaban J connectivity index is 1.26. The van der Waals surface area contributed by atoms with Crippen molar-refractivity contribution in [3.8, 4) is 0 Å². The second-order valence-electron chi connectivity index (χ2n) is 10.3. The largest absolute Gasteiger partial charge is 0.353 e. The number of carbonyl (C=O) groups is 2. The molecule has 1 aliphatic heterocycles. The number of halogens is 1. The molecule has 200 valence electrons. The van der Waals surface area contributed by atoms with Crippen LogP contribution in [0.5, 0.6) is 0 Å². The first-order valence-corrected chi connectivity index (χ1v) is 14.8. The Morgan fingerprint density at radius 3 is 2.62 bits per heavy atom. The lowest BCUT2D eigenvalue weighted by molar-refractivity contribution is -0.139. The molecule has 2 aromatic rings. The van der Waals surface area contributed by atoms with Gasteiger partial charge in [-0.15, -0.1) is 0 Å². The van der Waals surface area contributed by atoms with E-state index in [9.17, 15) is 9.59 Å². The second kappa shape index (κ2) is 13.5. The predicted molar refractivity (Wildman–Crippen MR) is 150 cm³/mol. The molecule has 1 aromatic heterocycles. The summed E-state index contributed by atoms with van der Waals surface area (Å²) in [7, 11) is 0. The molecule has 1 saturated heterocycles. The zero-order valence-corrected chi connectivity index (χ0v) is 23.4. The van der Waals surface area contributed by atoms with Gasteiger partial charge in [0.25, 0.3) is 0 Å². The number of benzene rings is 1. The Labute approximate surface area is 229 Å². The minimum atomic E-state index is -0.0425. The maximum absolute atomic E-state index is 13.1. The number of hydrogen-bond acceptors (Lipinski definition) is 6. The van der Waals surface area contributed by atoms with Gasteiger partial charge in [0, 0.05) is 43.7 Å². The van der Waals surface area contributed by atoms with E-state index in [0.717, 1.165) is 44.3 Å². The fourth-order valence-corrected chi connectivity index (χ4v) is 6.13. The van der Waals surface area contributed by atoms with Crippen molar-refractivity contribution in [3.05, 3.63) is 47.1 Å². The fraction of sp³-hybridized carbons (Fsp3) is 0.571. The van der Waals surface area contributed by atoms with Crippen molar-refractivity contribution >= 4 is 41.0 Å². The number of aryl methyl sites for hydroxylation is 1. The fourth-order valence-electron chi connectivity index (χ4n) is 5.24. The molecule has 0 radical (unpaired) electrons. The average molecular weight is 544 g/mol. The zero-order chi connectivity index (χ0) is 26.2. The van der Waals surface area contributed by atoms with Crippen LogP contribution in [0.1, 0.15) is 57.9 Å². The van der Waals surface area contributed by atoms with Crippen molar-refractivity contribution in [2.45, 2.75) is 76.0 Å². The van der Waals surface area contributed by atoms with Crippen LogP contribution in [0.3, 0.4) is 0 Å². The minimum Gasteiger partial charge on any atom is -0.353 e. The van der Waals surface area contributed by atoms with Crippen molar-refractivity contribution in [1.82, 2.24) is 20.2 Å². The molecular weight excluding hydrogens is 506 g/mol. The van der Waals surface area contributed by atoms with Crippen molar-refractivity contribution < 1.29 is 9.59 Å². The Kier molecular flexibility index (Phi) is 10.1. The van der Waals surface area contributed by atoms with Gasteiger partial charge < -0.3 is 15.1 Å². The summed E-state index contributed by atoms with van der Waals surface area (Å²) < 4.78 is 0. The second-order valence-corrected chi connectivity index (χ2v) is 11.6. The number of piperazine rings is 1. The van der Waals surface area contributed by atoms with Gasteiger partial charge >= 0.3 is 0 Å². The third kappa shape index (κ3) is 8.08. The van der Waals surface area contributed by atoms with Crippen molar-refractivity contribution in [2.24, 2.45) is 5.92 Å². The summed E-state index contributed by atoms with van der Waals surface area (Å²) in [6.07, 6.45) is 7.42. The van der Waals surface area contributed by atoms with E-state index in [0.29, 0.717) is 35.9 Å². The first-order chi connectivity index (χ1) is 17.9. The SMILES string of the molecule is CC(CCc1ccccc1)NC(=O)CSc1nc(Cl)cc(N2CCN(C(=O)C3CCCCC3)C(C)C2)n1. The average Bonchev–Trinajstić information content (AvgIpc) is 2.91. The van der Waals surface area contributed by atoms with Crippen molar-refractivity contribution in [3.63, 3.8) is 0 Å². The van der Waals surface area contributed by atoms with Gasteiger partial charge in [-0.25, -0.2) is 9.97 Å². The number of anilines is 1. The number of carbonyl (C=O) groups excluding carboxylic acids is 2. The first-order valence-electron chi connectivity index (χ1n) is 13.4. The lowest BCUT2D eigenvalue weighted by Gasteiger charge is -2.42. The topological polar surface area (TPSA) is 78.4 Å². The molecule has 2 atom stereocenters. The maximum atomic E-state index is 13.1. The number of amides is 2. The molecule has 2 fully saturated rings. The standard InChI is InChI=1S/C28H38ClN5O2S/c1-20(13-14-22-9-5-3-6-10-22)30-26(35)19-37-28-31-24(29)17-25(32-28)33-15-16-34(21(2)18-33)27(36)23-11-7-4-8-12-23/h3,5-6,9-10,17,20-21,23H,4,7-8,11-16,18-19H2,1-2H3,(H,30,35). The number of nitrogens with one attached hydrogen (secondary N) is 1. The molecule has 2 aliphatic rings. The Hall–Kier alpha value is -2.32. The lowest BCUT2D eigenvalue weighted by atomic mass is 9.88. The summed E-state index contributed by atoms with van der Waals surface area (Å²) in [5, 5.41) is 3.91. The number of hydrogen-bond donors (Lipinski definition) is 1. The number of thioether (sulfide) groups is 1. The van der Waals surface area contributed by atoms with Crippen LogP contribution in [0.4, 0.5) is 5.82 Å². The lowest BCUT2D eigenvalue weighted by Crippen LogP contribution is -2.55. The molecule has 0 spiro atoms. The number of aromatic nitrogens is 2. The summed E-state index contributed by atoms with van der Waals surface area (Å²) in [5.41, 5.74) is 1.27. The summed E-state index contributed by atoms with van der Waals surface area (Å²) in [5.74, 6) is 1.43. The van der Waals surface area contributed by atoms with Crippen molar-refractivity contribution in [1.29, 1.82) is 0 Å². The molecule has 2 heterocycles. The Bertz CT molecular complexity index is 1050. The van der Waals surface area contributed by atoms with Crippen LogP contribution in [0.15, 0.2) is 41.6 Å². The number of rotatable bonds is 9. The van der Waals surface area contributed by atoms with E-state index in [1.165, 1.54) is 23.7 Å². The van der Waals surface area contributed by atoms with Crippen LogP contribution in [-0.4, -0.2) is 64.2 Å². The molecule has 0 bridgehead atoms. The van der Waals surface area contributed by atoms with E-state index in [1.54, 1.807) is 6.07 Å². The summed E-state index contributed by atoms with van der Waals surface area (Å²) in [6, 6.07) is 12.2. The highest BCUT2D eigenvalue weighted by Gasteiger charge is 2.33. The first kappa shape index (κ1) is 27.7. The third-order valence-corrected chi connectivity index (χ3v) is 8.34. The van der Waals surface area contributed by atoms with Crippen LogP contribution >= 0.6 is 23.4 Å². The molecule has 2 amide bonds. The van der Waals surface area contributed by atoms with Gasteiger partial charge in [-0.1, -0.05) is 73.0 Å². The molecular formula is C28H38ClN5O2S. The van der Waals surface area contributed by atoms with Crippen LogP contribution in [-0.2, 0) is 16.0 Å². The summed E-state index contributed by atoms with van der Waals surface area (Å²) >= 11 is 7.62. The van der Waals surface area contributed by atoms with Crippen molar-refractivity contribution in [2.75, 3.05) is 30.3 Å². The summed E-state index contributed by atoms with van der Waals surface area (Å²) in [4.78, 5) is 38.8. The van der Waals surface area contributed by atoms with Crippen LogP contribution in [0.25, 0.3) is 0 Å². The smallest absolute Gasteiger partial charge is 0.230 e. The van der Waals surface area contributed by atoms with Gasteiger partial charge in [0.15, 0.2) is 5.16 Å². The molecule has 1 N–H and O–H groups in total. The quantitative estimate of drug-likeness (QED) is 0.273. The van der Waals surface area contributed by atoms with E-state index in [-0.39, 0.29) is 29.7 Å². The zero-order valence-electron chi connectivity index (χ0n) is 21.9. The highest BCUT2D eigenvalue weighted by molar-refractivity contribution is 7.99. The van der Waals surface area contributed by atoms with Crippen LogP contribution in [0.2, 0.25) is 5.15 Å². The van der Waals surface area contributed by atoms with E-state index in [2.05, 4.69) is 39.2 Å². The molecule has 1 aliphatic carbocycles. The van der Waals surface area contributed by atoms with Gasteiger partial charge in [0.05, 0.1) is 5.75 Å². The highest BCUT2D eigenvalue weighted by atomic mass is 35.5. The highest BCUT2D eigenvalue weighted by Crippen LogP contribution is 2.28. The Morgan fingerprint density at radius 1 is 1.14 bits per heavy atom. The molecule has 37 heavy (non-hydrogen) atoms. The van der Waals surface area contributed by atoms with Gasteiger partial charge in [-0.2, -0.15) is 0 Å². The molecule has 1 saturated carbocycles. The van der Waals surface area contributed by atoms with Gasteiger partial charge in [0.1, 0.15) is 11.0 Å².